The number of nitrogens with two attached hydrogens (primary N) is 2. The van der Waals surface area contributed by atoms with Crippen molar-refractivity contribution in [2.75, 3.05) is 0 Å². The topological polar surface area (TPSA) is 102 Å². The smallest absolute Gasteiger partial charge is 0.335 e. The molecule has 6 heteroatoms. The Morgan fingerprint density at radius 3 is 2.60 bits per heavy atom. The van der Waals surface area contributed by atoms with Crippen LogP contribution in [0.5, 0.6) is 0 Å². The van der Waals surface area contributed by atoms with Crippen LogP contribution in [0.1, 0.15) is 15.9 Å². The van der Waals surface area contributed by atoms with Crippen LogP contribution in [0, 0.1) is 3.57 Å². The predicted molar refractivity (Wildman–Crippen MR) is 65.6 cm³/mol. The summed E-state index contributed by atoms with van der Waals surface area (Å²) in [5.74, 6) is -0.967. The van der Waals surface area contributed by atoms with Crippen molar-refractivity contribution in [1.82, 2.24) is 0 Å². The quantitative estimate of drug-likeness (QED) is 0.434. The summed E-state index contributed by atoms with van der Waals surface area (Å²) >= 11 is 2.05. The fourth-order valence-electron chi connectivity index (χ4n) is 1.05. The van der Waals surface area contributed by atoms with Gasteiger partial charge in [0.1, 0.15) is 0 Å². The average Bonchev–Trinajstić information content (AvgIpc) is 2.13. The van der Waals surface area contributed by atoms with Crippen LogP contribution < -0.4 is 11.5 Å². The Hall–Kier alpha value is -1.31. The van der Waals surface area contributed by atoms with E-state index in [1.165, 1.54) is 0 Å². The summed E-state index contributed by atoms with van der Waals surface area (Å²) < 4.78 is 0.841. The molecule has 0 aromatic heterocycles. The molecular weight excluding hydrogens is 313 g/mol. The number of carboxylic acids is 1. The van der Waals surface area contributed by atoms with Crippen LogP contribution in [0.3, 0.4) is 0 Å². The third kappa shape index (κ3) is 3.74. The first-order chi connectivity index (χ1) is 6.99. The predicted octanol–water partition coefficient (Wildman–Crippen LogP) is 0.763. The van der Waals surface area contributed by atoms with E-state index < -0.39 is 5.97 Å². The zero-order valence-electron chi connectivity index (χ0n) is 7.77. The zero-order valence-corrected chi connectivity index (χ0v) is 9.93. The van der Waals surface area contributed by atoms with Gasteiger partial charge in [-0.25, -0.2) is 9.79 Å². The van der Waals surface area contributed by atoms with Crippen molar-refractivity contribution >= 4 is 34.5 Å². The van der Waals surface area contributed by atoms with Crippen molar-refractivity contribution in [1.29, 1.82) is 0 Å². The molecule has 0 atom stereocenters. The molecule has 0 aliphatic heterocycles. The van der Waals surface area contributed by atoms with Crippen molar-refractivity contribution in [2.24, 2.45) is 16.5 Å². The molecule has 0 aliphatic rings. The van der Waals surface area contributed by atoms with Gasteiger partial charge < -0.3 is 16.6 Å². The maximum atomic E-state index is 10.8. The van der Waals surface area contributed by atoms with Gasteiger partial charge in [-0.2, -0.15) is 0 Å². The number of guanidine groups is 1. The Labute approximate surface area is 100 Å². The van der Waals surface area contributed by atoms with E-state index >= 15 is 0 Å². The third-order valence-electron chi connectivity index (χ3n) is 1.65. The highest BCUT2D eigenvalue weighted by Gasteiger charge is 2.05. The summed E-state index contributed by atoms with van der Waals surface area (Å²) in [6.45, 7) is 0.291. The molecule has 5 nitrogen and oxygen atoms in total. The van der Waals surface area contributed by atoms with Crippen LogP contribution >= 0.6 is 22.6 Å². The first kappa shape index (κ1) is 11.8. The molecule has 0 fully saturated rings. The Bertz CT molecular complexity index is 414. The molecule has 0 bridgehead atoms. The standard InChI is InChI=1S/C9H10IN3O2/c10-7-2-5(4-13-9(11)12)1-6(3-7)8(14)15/h1-3H,4H2,(H,14,15)(H4,11,12,13)/i10+4. The van der Waals surface area contributed by atoms with Gasteiger partial charge in [-0.1, -0.05) is 0 Å². The third-order valence-corrected chi connectivity index (χ3v) is 2.27. The second-order valence-electron chi connectivity index (χ2n) is 2.89. The van der Waals surface area contributed by atoms with Crippen LogP contribution in [-0.2, 0) is 6.54 Å². The van der Waals surface area contributed by atoms with E-state index in [9.17, 15) is 4.79 Å². The molecule has 15 heavy (non-hydrogen) atoms. The lowest BCUT2D eigenvalue weighted by Gasteiger charge is -2.01. The maximum absolute atomic E-state index is 10.8. The van der Waals surface area contributed by atoms with Gasteiger partial charge in [0.05, 0.1) is 12.1 Å². The van der Waals surface area contributed by atoms with E-state index in [-0.39, 0.29) is 11.5 Å². The molecule has 80 valence electrons. The molecule has 0 amide bonds. The summed E-state index contributed by atoms with van der Waals surface area (Å²) in [6.07, 6.45) is 0. The fraction of sp³-hybridized carbons (Fsp3) is 0.111. The number of nitrogens with zero attached hydrogens (tertiary/aromatic N) is 1. The summed E-state index contributed by atoms with van der Waals surface area (Å²) in [5.41, 5.74) is 11.4. The van der Waals surface area contributed by atoms with E-state index in [2.05, 4.69) is 4.99 Å². The largest absolute Gasteiger partial charge is 0.478 e. The zero-order chi connectivity index (χ0) is 11.4. The van der Waals surface area contributed by atoms with Crippen LogP contribution in [-0.4, -0.2) is 17.0 Å². The molecule has 0 saturated carbocycles. The van der Waals surface area contributed by atoms with Crippen molar-refractivity contribution in [3.05, 3.63) is 32.9 Å². The van der Waals surface area contributed by atoms with E-state index in [0.717, 1.165) is 9.13 Å². The summed E-state index contributed by atoms with van der Waals surface area (Å²) in [6, 6.07) is 4.97. The monoisotopic (exact) mass is 323 g/mol. The van der Waals surface area contributed by atoms with E-state index in [1.54, 1.807) is 12.1 Å². The Kier molecular flexibility index (Phi) is 3.89. The molecule has 0 radical (unpaired) electrons. The minimum atomic E-state index is -0.959. The van der Waals surface area contributed by atoms with Crippen molar-refractivity contribution in [2.45, 2.75) is 6.54 Å². The lowest BCUT2D eigenvalue weighted by Crippen LogP contribution is -2.22. The average molecular weight is 323 g/mol. The van der Waals surface area contributed by atoms with Crippen LogP contribution in [0.15, 0.2) is 23.2 Å². The van der Waals surface area contributed by atoms with Gasteiger partial charge in [0.2, 0.25) is 0 Å². The number of rotatable bonds is 3. The first-order valence-electron chi connectivity index (χ1n) is 4.07. The van der Waals surface area contributed by atoms with Crippen molar-refractivity contribution in [3.63, 3.8) is 0 Å². The second-order valence-corrected chi connectivity index (χ2v) is 4.14. The van der Waals surface area contributed by atoms with Crippen molar-refractivity contribution < 1.29 is 9.90 Å². The number of hydrogen-bond donors (Lipinski definition) is 3. The minimum Gasteiger partial charge on any atom is -0.478 e. The van der Waals surface area contributed by atoms with E-state index in [0.29, 0.717) is 6.54 Å². The number of benzene rings is 1. The van der Waals surface area contributed by atoms with Gasteiger partial charge in [0.15, 0.2) is 5.96 Å². The molecule has 0 spiro atoms. The number of carbonyl (C=O) groups is 1. The molecule has 1 aromatic rings. The molecule has 1 aromatic carbocycles. The van der Waals surface area contributed by atoms with Gasteiger partial charge >= 0.3 is 5.97 Å². The van der Waals surface area contributed by atoms with Gasteiger partial charge in [0.25, 0.3) is 0 Å². The summed E-state index contributed by atoms with van der Waals surface area (Å²) in [5, 5.41) is 8.82. The molecule has 5 N–H and O–H groups in total. The normalized spacial score (nSPS) is 9.67. The molecule has 1 rings (SSSR count). The van der Waals surface area contributed by atoms with Crippen LogP contribution in [0.4, 0.5) is 0 Å². The molecule has 0 unspecified atom stereocenters. The summed E-state index contributed by atoms with van der Waals surface area (Å²) in [7, 11) is 0. The van der Waals surface area contributed by atoms with E-state index in [1.807, 2.05) is 28.7 Å². The second kappa shape index (κ2) is 4.96. The van der Waals surface area contributed by atoms with Gasteiger partial charge in [-0.3, -0.25) is 0 Å². The highest BCUT2D eigenvalue weighted by Crippen LogP contribution is 2.13. The van der Waals surface area contributed by atoms with E-state index in [4.69, 9.17) is 16.6 Å². The van der Waals surface area contributed by atoms with Gasteiger partial charge in [-0.15, -0.1) is 0 Å². The van der Waals surface area contributed by atoms with Gasteiger partial charge in [-0.05, 0) is 46.4 Å². The minimum absolute atomic E-state index is 0.00858. The molecule has 0 saturated heterocycles. The molecule has 0 aliphatic carbocycles. The number of carboxylic acid groups (broad SMARTS) is 1. The van der Waals surface area contributed by atoms with Crippen molar-refractivity contribution in [3.8, 4) is 0 Å². The SMILES string of the molecule is NC(N)=NCc1cc([131I])cc(C(=O)O)c1. The summed E-state index contributed by atoms with van der Waals surface area (Å²) in [4.78, 5) is 14.6. The fourth-order valence-corrected chi connectivity index (χ4v) is 1.78. The van der Waals surface area contributed by atoms with Crippen LogP contribution in [0.25, 0.3) is 0 Å². The number of aromatic carboxylic acids is 1. The highest BCUT2D eigenvalue weighted by molar-refractivity contribution is 14.1. The van der Waals surface area contributed by atoms with Gasteiger partial charge in [0, 0.05) is 3.57 Å². The Morgan fingerprint density at radius 2 is 2.07 bits per heavy atom. The lowest BCUT2D eigenvalue weighted by molar-refractivity contribution is 0.0696. The highest BCUT2D eigenvalue weighted by atomic mass is 131. The van der Waals surface area contributed by atoms with Crippen LogP contribution in [0.2, 0.25) is 0 Å². The Morgan fingerprint density at radius 1 is 1.40 bits per heavy atom. The lowest BCUT2D eigenvalue weighted by atomic mass is 10.1. The maximum Gasteiger partial charge on any atom is 0.335 e. The number of aliphatic imine (C=N–C) groups is 1. The first-order valence-corrected chi connectivity index (χ1v) is 5.15. The molecular formula is C9H10IN3O2. The number of hydrogen-bond acceptors (Lipinski definition) is 2. The number of halogens is 1. The molecule has 0 heterocycles. The Balaban J connectivity index is 2.99.